The maximum Gasteiger partial charge on any atom is 0.327 e. The molecule has 2 atom stereocenters. The lowest BCUT2D eigenvalue weighted by Crippen LogP contribution is -2.60. The highest BCUT2D eigenvalue weighted by molar-refractivity contribution is 6.10. The van der Waals surface area contributed by atoms with E-state index in [1.54, 1.807) is 11.8 Å². The monoisotopic (exact) mass is 646 g/mol. The van der Waals surface area contributed by atoms with Crippen LogP contribution in [0.15, 0.2) is 158 Å². The number of nitrogens with one attached hydrogen (secondary N) is 1. The summed E-state index contributed by atoms with van der Waals surface area (Å²) in [7, 11) is 0. The van der Waals surface area contributed by atoms with Crippen molar-refractivity contribution >= 4 is 28.3 Å². The van der Waals surface area contributed by atoms with Crippen LogP contribution < -0.4 is 10.2 Å². The quantitative estimate of drug-likeness (QED) is 0.136. The summed E-state index contributed by atoms with van der Waals surface area (Å²) in [6, 6.07) is 49.8. The van der Waals surface area contributed by atoms with Gasteiger partial charge in [-0.3, -0.25) is 14.9 Å². The molecule has 6 aromatic carbocycles. The predicted molar refractivity (Wildman–Crippen MR) is 193 cm³/mol. The van der Waals surface area contributed by atoms with Crippen molar-refractivity contribution in [3.63, 3.8) is 0 Å². The van der Waals surface area contributed by atoms with Gasteiger partial charge in [-0.1, -0.05) is 152 Å². The second kappa shape index (κ2) is 14.3. The van der Waals surface area contributed by atoms with Gasteiger partial charge in [-0.25, -0.2) is 0 Å². The number of rotatable bonds is 12. The number of anilines is 1. The minimum Gasteiger partial charge on any atom is -0.465 e. The molecular weight excluding hydrogens is 608 g/mol. The number of carbonyl (C=O) groups is 2. The van der Waals surface area contributed by atoms with Crippen molar-refractivity contribution in [1.29, 1.82) is 0 Å². The molecule has 1 N–H and O–H groups in total. The van der Waals surface area contributed by atoms with E-state index in [2.05, 4.69) is 23.5 Å². The van der Waals surface area contributed by atoms with E-state index >= 15 is 4.79 Å². The Kier molecular flexibility index (Phi) is 9.33. The summed E-state index contributed by atoms with van der Waals surface area (Å²) in [5.74, 6) is -0.898. The zero-order chi connectivity index (χ0) is 33.6. The lowest BCUT2D eigenvalue weighted by atomic mass is 9.85. The van der Waals surface area contributed by atoms with Crippen LogP contribution in [0.1, 0.15) is 40.8 Å². The molecule has 6 nitrogen and oxygen atoms in total. The van der Waals surface area contributed by atoms with Gasteiger partial charge in [0.2, 0.25) is 0 Å². The Balaban J connectivity index is 1.41. The Bertz CT molecular complexity index is 2010. The number of benzene rings is 6. The first kappa shape index (κ1) is 32.0. The maximum atomic E-state index is 15.3. The zero-order valence-corrected chi connectivity index (χ0v) is 27.4. The highest BCUT2D eigenvalue weighted by atomic mass is 16.5. The first-order chi connectivity index (χ1) is 24.1. The van der Waals surface area contributed by atoms with Crippen molar-refractivity contribution in [2.75, 3.05) is 11.5 Å². The second-order valence-electron chi connectivity index (χ2n) is 12.2. The van der Waals surface area contributed by atoms with E-state index in [1.165, 1.54) is 0 Å². The van der Waals surface area contributed by atoms with E-state index in [-0.39, 0.29) is 19.1 Å². The van der Waals surface area contributed by atoms with Gasteiger partial charge in [0.1, 0.15) is 6.04 Å². The van der Waals surface area contributed by atoms with Gasteiger partial charge in [-0.2, -0.15) is 0 Å². The van der Waals surface area contributed by atoms with Crippen LogP contribution in [0, 0.1) is 0 Å². The van der Waals surface area contributed by atoms with E-state index in [9.17, 15) is 4.79 Å². The van der Waals surface area contributed by atoms with E-state index in [4.69, 9.17) is 9.47 Å². The molecule has 0 fully saturated rings. The molecule has 0 saturated carbocycles. The molecule has 1 amide bonds. The van der Waals surface area contributed by atoms with Crippen LogP contribution in [0.5, 0.6) is 0 Å². The fourth-order valence-electron chi connectivity index (χ4n) is 6.90. The molecule has 244 valence electrons. The lowest BCUT2D eigenvalue weighted by molar-refractivity contribution is -0.169. The number of carbonyl (C=O) groups excluding carboxylic acids is 2. The van der Waals surface area contributed by atoms with E-state index in [0.717, 1.165) is 33.0 Å². The topological polar surface area (TPSA) is 67.9 Å². The molecule has 1 heterocycles. The number of nitrogens with zero attached hydrogens (tertiary/aromatic N) is 1. The van der Waals surface area contributed by atoms with Gasteiger partial charge in [0.05, 0.1) is 31.5 Å². The lowest BCUT2D eigenvalue weighted by Gasteiger charge is -2.38. The fraction of sp³-hybridized carbons (Fsp3) is 0.163. The summed E-state index contributed by atoms with van der Waals surface area (Å²) >= 11 is 0. The average Bonchev–Trinajstić information content (AvgIpc) is 3.39. The van der Waals surface area contributed by atoms with E-state index < -0.39 is 23.7 Å². The molecule has 0 aromatic heterocycles. The van der Waals surface area contributed by atoms with E-state index in [0.29, 0.717) is 17.8 Å². The number of ether oxygens (including phenoxy) is 2. The second-order valence-corrected chi connectivity index (χ2v) is 12.2. The van der Waals surface area contributed by atoms with Gasteiger partial charge < -0.3 is 14.4 Å². The molecule has 0 saturated heterocycles. The molecule has 1 aliphatic rings. The molecule has 7 rings (SSSR count). The number of fused-ring (bicyclic) bond motifs is 2. The van der Waals surface area contributed by atoms with Crippen LogP contribution in [0.4, 0.5) is 5.69 Å². The summed E-state index contributed by atoms with van der Waals surface area (Å²) in [6.45, 7) is 2.31. The number of hydrogen-bond acceptors (Lipinski definition) is 5. The SMILES string of the molecule is CCOC(=O)[C@H](NC(c1ccccc1)c1ccccc1)[C@]1(OCc2cccc3ccccc23)C(=O)N(Cc2ccccc2)c2ccccc21. The van der Waals surface area contributed by atoms with E-state index in [1.807, 2.05) is 140 Å². The Morgan fingerprint density at radius 2 is 1.31 bits per heavy atom. The predicted octanol–water partition coefficient (Wildman–Crippen LogP) is 8.11. The molecule has 6 heteroatoms. The van der Waals surface area contributed by atoms with Crippen molar-refractivity contribution in [3.8, 4) is 0 Å². The molecule has 0 spiro atoms. The fourth-order valence-corrected chi connectivity index (χ4v) is 6.90. The highest BCUT2D eigenvalue weighted by Crippen LogP contribution is 2.47. The summed E-state index contributed by atoms with van der Waals surface area (Å²) in [5, 5.41) is 5.72. The number of hydrogen-bond donors (Lipinski definition) is 1. The summed E-state index contributed by atoms with van der Waals surface area (Å²) in [6.07, 6.45) is 0. The molecule has 49 heavy (non-hydrogen) atoms. The van der Waals surface area contributed by atoms with Crippen LogP contribution in [-0.2, 0) is 37.8 Å². The van der Waals surface area contributed by atoms with Gasteiger partial charge in [-0.05, 0) is 46.0 Å². The third kappa shape index (κ3) is 6.24. The van der Waals surface area contributed by atoms with Gasteiger partial charge in [0, 0.05) is 5.56 Å². The molecule has 0 radical (unpaired) electrons. The van der Waals surface area contributed by atoms with Gasteiger partial charge in [-0.15, -0.1) is 0 Å². The van der Waals surface area contributed by atoms with Crippen molar-refractivity contribution in [3.05, 3.63) is 186 Å². The Morgan fingerprint density at radius 1 is 0.714 bits per heavy atom. The normalized spacial score (nSPS) is 16.1. The largest absolute Gasteiger partial charge is 0.465 e. The molecule has 0 unspecified atom stereocenters. The smallest absolute Gasteiger partial charge is 0.327 e. The van der Waals surface area contributed by atoms with Crippen LogP contribution in [0.25, 0.3) is 10.8 Å². The van der Waals surface area contributed by atoms with Crippen molar-refractivity contribution in [1.82, 2.24) is 5.32 Å². The molecule has 1 aliphatic heterocycles. The Morgan fingerprint density at radius 3 is 2.00 bits per heavy atom. The number of esters is 1. The third-order valence-corrected chi connectivity index (χ3v) is 9.20. The van der Waals surface area contributed by atoms with Crippen molar-refractivity contribution in [2.45, 2.75) is 37.8 Å². The number of amides is 1. The average molecular weight is 647 g/mol. The first-order valence-electron chi connectivity index (χ1n) is 16.7. The third-order valence-electron chi connectivity index (χ3n) is 9.20. The van der Waals surface area contributed by atoms with Crippen molar-refractivity contribution in [2.24, 2.45) is 0 Å². The molecular formula is C43H38N2O4. The minimum absolute atomic E-state index is 0.0829. The zero-order valence-electron chi connectivity index (χ0n) is 27.4. The summed E-state index contributed by atoms with van der Waals surface area (Å²) in [4.78, 5) is 31.5. The first-order valence-corrected chi connectivity index (χ1v) is 16.7. The Labute approximate surface area is 286 Å². The summed E-state index contributed by atoms with van der Waals surface area (Å²) < 4.78 is 12.8. The summed E-state index contributed by atoms with van der Waals surface area (Å²) in [5.41, 5.74) is 3.29. The van der Waals surface area contributed by atoms with Gasteiger partial charge >= 0.3 is 5.97 Å². The Hall–Kier alpha value is -5.56. The van der Waals surface area contributed by atoms with Crippen LogP contribution in [-0.4, -0.2) is 24.5 Å². The maximum absolute atomic E-state index is 15.3. The van der Waals surface area contributed by atoms with Crippen molar-refractivity contribution < 1.29 is 19.1 Å². The number of para-hydroxylation sites is 1. The standard InChI is InChI=1S/C43H38N2O4/c1-2-48-41(46)40(44-39(33-20-8-4-9-21-33)34-22-10-5-11-23-34)43(49-30-35-25-16-24-32-19-12-13-26-36(32)35)37-27-14-15-28-38(37)45(42(43)47)29-31-17-6-3-7-18-31/h3-28,39-40,44H,2,29-30H2,1H3/t40-,43-/m0/s1. The highest BCUT2D eigenvalue weighted by Gasteiger charge is 2.60. The van der Waals surface area contributed by atoms with Gasteiger partial charge in [0.25, 0.3) is 5.91 Å². The van der Waals surface area contributed by atoms with Crippen LogP contribution >= 0.6 is 0 Å². The van der Waals surface area contributed by atoms with Crippen LogP contribution in [0.2, 0.25) is 0 Å². The van der Waals surface area contributed by atoms with Crippen LogP contribution in [0.3, 0.4) is 0 Å². The molecule has 6 aromatic rings. The van der Waals surface area contributed by atoms with Gasteiger partial charge in [0.15, 0.2) is 5.60 Å². The minimum atomic E-state index is -1.77. The molecule has 0 aliphatic carbocycles. The molecule has 0 bridgehead atoms.